The minimum atomic E-state index is -5.45. The molecule has 0 aromatic carbocycles. The van der Waals surface area contributed by atoms with Crippen LogP contribution < -0.4 is 11.4 Å². The Kier molecular flexibility index (Phi) is 33.1. The van der Waals surface area contributed by atoms with Gasteiger partial charge in [-0.05, 0) is 50.2 Å². The quantitative estimate of drug-likeness (QED) is 0.0134. The van der Waals surface area contributed by atoms with E-state index in [0.29, 0.717) is 32.1 Å². The monoisotopic (exact) mass is 1030 g/mol. The van der Waals surface area contributed by atoms with E-state index < -0.39 is 83.7 Å². The molecular weight excluding hydrogens is 948 g/mol. The highest BCUT2D eigenvalue weighted by Gasteiger charge is 2.46. The normalized spacial score (nSPS) is 19.4. The van der Waals surface area contributed by atoms with Gasteiger partial charge in [-0.15, -0.1) is 0 Å². The summed E-state index contributed by atoms with van der Waals surface area (Å²) in [5.41, 5.74) is 4.58. The van der Waals surface area contributed by atoms with Crippen LogP contribution in [0.25, 0.3) is 0 Å². The molecule has 19 nitrogen and oxygen atoms in total. The number of ketones is 1. The van der Waals surface area contributed by atoms with Gasteiger partial charge < -0.3 is 39.9 Å². The molecule has 2 rings (SSSR count). The largest absolute Gasteiger partial charge is 0.481 e. The molecular formula is C49H85N3O16P2. The van der Waals surface area contributed by atoms with Gasteiger partial charge in [0.1, 0.15) is 30.7 Å². The summed E-state index contributed by atoms with van der Waals surface area (Å²) >= 11 is 0. The molecule has 402 valence electrons. The Labute approximate surface area is 415 Å². The van der Waals surface area contributed by atoms with Crippen LogP contribution in [0.2, 0.25) is 0 Å². The van der Waals surface area contributed by atoms with Crippen LogP contribution in [0.3, 0.4) is 0 Å². The van der Waals surface area contributed by atoms with Crippen molar-refractivity contribution in [2.24, 2.45) is 5.92 Å². The molecule has 0 radical (unpaired) electrons. The number of aliphatic hydroxyl groups is 2. The summed E-state index contributed by atoms with van der Waals surface area (Å²) < 4.78 is 56.7. The molecule has 1 aliphatic rings. The number of esters is 2. The molecule has 1 aromatic heterocycles. The summed E-state index contributed by atoms with van der Waals surface area (Å²) in [6.45, 7) is 4.31. The molecule has 1 aliphatic heterocycles. The first kappa shape index (κ1) is 63.0. The number of ether oxygens (including phenoxy) is 3. The number of anilines is 1. The Bertz CT molecular complexity index is 1850. The molecule has 0 bridgehead atoms. The average Bonchev–Trinajstić information content (AvgIpc) is 3.58. The summed E-state index contributed by atoms with van der Waals surface area (Å²) in [5, 5.41) is 20.9. The van der Waals surface area contributed by atoms with Gasteiger partial charge in [-0.2, -0.15) is 9.29 Å². The SMILES string of the molecule is CCCCC/C=C\C=C\C(=O)CCCCCCCC(=O)O[C@H](COC(=O)CCCCCCCCCCCCCCCC(C)C)COP(=O)(O)OP(=O)(O)OC[C@H]1O[C@@H](n2ccc(N)nc2=O)[C@H](O)[C@@H]1O. The Hall–Kier alpha value is -3.09. The summed E-state index contributed by atoms with van der Waals surface area (Å²) in [4.78, 5) is 74.0. The number of aliphatic hydroxyl groups excluding tert-OH is 2. The van der Waals surface area contributed by atoms with E-state index in [0.717, 1.165) is 74.5 Å². The van der Waals surface area contributed by atoms with Crippen molar-refractivity contribution in [1.82, 2.24) is 9.55 Å². The fourth-order valence-electron chi connectivity index (χ4n) is 7.66. The molecule has 6 N–H and O–H groups in total. The lowest BCUT2D eigenvalue weighted by Crippen LogP contribution is -2.36. The smallest absolute Gasteiger partial charge is 0.462 e. The summed E-state index contributed by atoms with van der Waals surface area (Å²) in [6.07, 6.45) is 25.1. The van der Waals surface area contributed by atoms with Crippen LogP contribution in [0.1, 0.15) is 194 Å². The zero-order valence-corrected chi connectivity index (χ0v) is 43.8. The maximum atomic E-state index is 12.9. The Balaban J connectivity index is 1.82. The topological polar surface area (TPSA) is 283 Å². The molecule has 2 heterocycles. The van der Waals surface area contributed by atoms with Gasteiger partial charge >= 0.3 is 33.3 Å². The van der Waals surface area contributed by atoms with Gasteiger partial charge in [0.15, 0.2) is 18.1 Å². The molecule has 0 spiro atoms. The number of aromatic nitrogens is 2. The van der Waals surface area contributed by atoms with E-state index in [2.05, 4.69) is 36.1 Å². The van der Waals surface area contributed by atoms with Gasteiger partial charge in [0.2, 0.25) is 0 Å². The minimum Gasteiger partial charge on any atom is -0.462 e. The van der Waals surface area contributed by atoms with Gasteiger partial charge in [0, 0.05) is 25.5 Å². The maximum Gasteiger partial charge on any atom is 0.481 e. The number of hydrogen-bond donors (Lipinski definition) is 5. The first-order chi connectivity index (χ1) is 33.4. The molecule has 1 fully saturated rings. The van der Waals surface area contributed by atoms with E-state index in [1.165, 1.54) is 70.3 Å². The van der Waals surface area contributed by atoms with E-state index in [4.69, 9.17) is 29.0 Å². The lowest BCUT2D eigenvalue weighted by molar-refractivity contribution is -0.161. The zero-order chi connectivity index (χ0) is 51.6. The highest BCUT2D eigenvalue weighted by atomic mass is 31.3. The highest BCUT2D eigenvalue weighted by Crippen LogP contribution is 2.60. The van der Waals surface area contributed by atoms with Crippen molar-refractivity contribution in [3.8, 4) is 0 Å². The number of carbonyl (C=O) groups is 3. The third-order valence-corrected chi connectivity index (χ3v) is 14.3. The van der Waals surface area contributed by atoms with E-state index in [-0.39, 0.29) is 24.4 Å². The summed E-state index contributed by atoms with van der Waals surface area (Å²) in [5.74, 6) is -0.556. The average molecular weight is 1030 g/mol. The van der Waals surface area contributed by atoms with Crippen LogP contribution in [0.4, 0.5) is 5.82 Å². The number of phosphoric acid groups is 2. The molecule has 70 heavy (non-hydrogen) atoms. The van der Waals surface area contributed by atoms with Crippen molar-refractivity contribution in [3.05, 3.63) is 47.1 Å². The highest BCUT2D eigenvalue weighted by molar-refractivity contribution is 7.61. The van der Waals surface area contributed by atoms with Crippen molar-refractivity contribution in [2.75, 3.05) is 25.6 Å². The lowest BCUT2D eigenvalue weighted by Gasteiger charge is -2.21. The Morgan fingerprint density at radius 1 is 0.757 bits per heavy atom. The predicted molar refractivity (Wildman–Crippen MR) is 266 cm³/mol. The minimum absolute atomic E-state index is 0.0314. The second kappa shape index (κ2) is 36.8. The van der Waals surface area contributed by atoms with Gasteiger partial charge in [-0.3, -0.25) is 28.0 Å². The zero-order valence-electron chi connectivity index (χ0n) is 42.0. The molecule has 0 saturated carbocycles. The lowest BCUT2D eigenvalue weighted by atomic mass is 10.0. The molecule has 0 amide bonds. The van der Waals surface area contributed by atoms with Crippen molar-refractivity contribution >= 4 is 39.2 Å². The summed E-state index contributed by atoms with van der Waals surface area (Å²) in [7, 11) is -10.9. The van der Waals surface area contributed by atoms with Crippen molar-refractivity contribution in [2.45, 2.75) is 218 Å². The number of hydrogen-bond acceptors (Lipinski definition) is 16. The fourth-order valence-corrected chi connectivity index (χ4v) is 9.77. The number of nitrogens with two attached hydrogens (primary N) is 1. The predicted octanol–water partition coefficient (Wildman–Crippen LogP) is 9.65. The van der Waals surface area contributed by atoms with Crippen LogP contribution in [-0.2, 0) is 51.1 Å². The van der Waals surface area contributed by atoms with Crippen LogP contribution in [-0.4, -0.2) is 91.5 Å². The Morgan fingerprint density at radius 2 is 1.31 bits per heavy atom. The van der Waals surface area contributed by atoms with Gasteiger partial charge in [0.25, 0.3) is 0 Å². The number of rotatable bonds is 42. The molecule has 1 aromatic rings. The van der Waals surface area contributed by atoms with Crippen molar-refractivity contribution < 1.29 is 71.1 Å². The van der Waals surface area contributed by atoms with Crippen LogP contribution in [0, 0.1) is 5.92 Å². The molecule has 21 heteroatoms. The van der Waals surface area contributed by atoms with Gasteiger partial charge in [0.05, 0.1) is 13.2 Å². The van der Waals surface area contributed by atoms with E-state index in [9.17, 15) is 48.3 Å². The van der Waals surface area contributed by atoms with E-state index >= 15 is 0 Å². The Morgan fingerprint density at radius 3 is 1.90 bits per heavy atom. The third kappa shape index (κ3) is 30.1. The second-order valence-corrected chi connectivity index (χ2v) is 21.6. The number of nitrogens with zero attached hydrogens (tertiary/aromatic N) is 2. The number of nitrogen functional groups attached to an aromatic ring is 1. The summed E-state index contributed by atoms with van der Waals surface area (Å²) in [6, 6.07) is 1.24. The van der Waals surface area contributed by atoms with Crippen molar-refractivity contribution in [1.29, 1.82) is 0 Å². The first-order valence-electron chi connectivity index (χ1n) is 25.7. The first-order valence-corrected chi connectivity index (χ1v) is 28.7. The molecule has 2 unspecified atom stereocenters. The van der Waals surface area contributed by atoms with E-state index in [1.54, 1.807) is 12.2 Å². The number of allylic oxidation sites excluding steroid dienone is 4. The second-order valence-electron chi connectivity index (χ2n) is 18.5. The number of phosphoric ester groups is 2. The van der Waals surface area contributed by atoms with Gasteiger partial charge in [-0.1, -0.05) is 155 Å². The van der Waals surface area contributed by atoms with Crippen molar-refractivity contribution in [3.63, 3.8) is 0 Å². The molecule has 0 aliphatic carbocycles. The third-order valence-electron chi connectivity index (χ3n) is 11.7. The van der Waals surface area contributed by atoms with Crippen LogP contribution in [0.5, 0.6) is 0 Å². The van der Waals surface area contributed by atoms with E-state index in [1.807, 2.05) is 6.08 Å². The van der Waals surface area contributed by atoms with Crippen LogP contribution >= 0.6 is 15.6 Å². The van der Waals surface area contributed by atoms with Gasteiger partial charge in [-0.25, -0.2) is 13.9 Å². The molecule has 7 atom stereocenters. The number of unbranched alkanes of at least 4 members (excludes halogenated alkanes) is 19. The fraction of sp³-hybridized carbons (Fsp3) is 0.776. The number of carbonyl (C=O) groups excluding carboxylic acids is 3. The standard InChI is InChI=1S/C49H85N3O16P2/c1-4-5-6-7-15-20-25-30-40(53)31-26-21-18-23-28-33-45(55)66-41(36-63-44(54)32-27-22-17-14-12-10-8-9-11-13-16-19-24-29-39(2)3)37-64-69(59,60)68-70(61,62)65-38-42-46(56)47(57)48(67-42)52-35-34-43(50)51-49(52)58/h15,20,25,30,34-35,39,41-42,46-48,56-57H,4-14,16-19,21-24,26-29,31-33,36-38H2,1-3H3,(H,59,60)(H,61,62)(H2,50,51,58)/b20-15-,30-25+/t41-,42-,46-,47-,48-/m1/s1. The molecule has 1 saturated heterocycles. The maximum absolute atomic E-state index is 12.9. The van der Waals surface area contributed by atoms with Crippen LogP contribution in [0.15, 0.2) is 41.4 Å².